The smallest absolute Gasteiger partial charge is 0.0916 e. The van der Waals surface area contributed by atoms with Gasteiger partial charge in [-0.25, -0.2) is 0 Å². The van der Waals surface area contributed by atoms with Crippen LogP contribution < -0.4 is 5.32 Å². The van der Waals surface area contributed by atoms with Gasteiger partial charge in [0.15, 0.2) is 0 Å². The number of halogens is 1. The van der Waals surface area contributed by atoms with Crippen LogP contribution in [-0.2, 0) is 19.9 Å². The number of nitrogens with one attached hydrogen (secondary N) is 1. The van der Waals surface area contributed by atoms with Crippen molar-refractivity contribution in [2.24, 2.45) is 7.05 Å². The van der Waals surface area contributed by atoms with Gasteiger partial charge in [0.05, 0.1) is 46.1 Å². The summed E-state index contributed by atoms with van der Waals surface area (Å²) in [5, 5.41) is 8.43. The van der Waals surface area contributed by atoms with Gasteiger partial charge in [0, 0.05) is 13.5 Å². The van der Waals surface area contributed by atoms with E-state index in [1.807, 2.05) is 18.8 Å². The third-order valence-corrected chi connectivity index (χ3v) is 3.91. The van der Waals surface area contributed by atoms with E-state index in [2.05, 4.69) is 26.1 Å². The minimum atomic E-state index is 0.112. The van der Waals surface area contributed by atoms with Crippen molar-refractivity contribution in [2.45, 2.75) is 25.8 Å². The highest BCUT2D eigenvalue weighted by Crippen LogP contribution is 2.25. The highest BCUT2D eigenvalue weighted by atomic mass is 35.5. The molecule has 2 rings (SSSR count). The van der Waals surface area contributed by atoms with Gasteiger partial charge in [0.1, 0.15) is 0 Å². The minimum Gasteiger partial charge on any atom is -0.311 e. The van der Waals surface area contributed by atoms with Crippen LogP contribution in [0.1, 0.15) is 30.0 Å². The molecule has 0 amide bonds. The van der Waals surface area contributed by atoms with Crippen molar-refractivity contribution in [3.05, 3.63) is 28.3 Å². The molecule has 0 aromatic carbocycles. The summed E-state index contributed by atoms with van der Waals surface area (Å²) >= 11 is 7.56. The van der Waals surface area contributed by atoms with Crippen LogP contribution in [0.15, 0.2) is 6.20 Å². The van der Waals surface area contributed by atoms with Crippen LogP contribution in [0, 0.1) is 0 Å². The van der Waals surface area contributed by atoms with Crippen molar-refractivity contribution in [1.29, 1.82) is 0 Å². The van der Waals surface area contributed by atoms with Crippen LogP contribution in [0.25, 0.3) is 0 Å². The molecular formula is C11H16ClN5S. The summed E-state index contributed by atoms with van der Waals surface area (Å²) in [6.45, 7) is 2.05. The fourth-order valence-corrected chi connectivity index (χ4v) is 2.76. The molecule has 0 saturated carbocycles. The van der Waals surface area contributed by atoms with E-state index in [4.69, 9.17) is 11.6 Å². The van der Waals surface area contributed by atoms with Gasteiger partial charge in [-0.1, -0.05) is 18.5 Å². The Labute approximate surface area is 116 Å². The molecule has 0 aliphatic carbocycles. The van der Waals surface area contributed by atoms with Crippen LogP contribution in [0.5, 0.6) is 0 Å². The average molecular weight is 286 g/mol. The summed E-state index contributed by atoms with van der Waals surface area (Å²) in [5.41, 5.74) is 2.92. The first-order valence-electron chi connectivity index (χ1n) is 5.82. The molecule has 0 radical (unpaired) electrons. The zero-order chi connectivity index (χ0) is 13.1. The van der Waals surface area contributed by atoms with E-state index in [0.717, 1.165) is 34.9 Å². The Morgan fingerprint density at radius 3 is 2.83 bits per heavy atom. The summed E-state index contributed by atoms with van der Waals surface area (Å²) in [6, 6.07) is 0.112. The van der Waals surface area contributed by atoms with Crippen molar-refractivity contribution in [3.63, 3.8) is 0 Å². The standard InChI is InChI=1S/C11H16ClN5S/c1-4-7-11(12)10(17(3)15-7)5-8(13-2)9-6-14-18-16-9/h6,8,13H,4-5H2,1-3H3. The summed E-state index contributed by atoms with van der Waals surface area (Å²) in [4.78, 5) is 0. The number of rotatable bonds is 5. The molecule has 0 bridgehead atoms. The summed E-state index contributed by atoms with van der Waals surface area (Å²) in [7, 11) is 3.83. The van der Waals surface area contributed by atoms with Crippen LogP contribution in [0.4, 0.5) is 0 Å². The molecule has 2 heterocycles. The predicted molar refractivity (Wildman–Crippen MR) is 73.0 cm³/mol. The molecule has 1 N–H and O–H groups in total. The lowest BCUT2D eigenvalue weighted by Gasteiger charge is -2.13. The van der Waals surface area contributed by atoms with Gasteiger partial charge in [0.25, 0.3) is 0 Å². The van der Waals surface area contributed by atoms with Crippen molar-refractivity contribution in [1.82, 2.24) is 23.8 Å². The van der Waals surface area contributed by atoms with Gasteiger partial charge < -0.3 is 5.32 Å². The first kappa shape index (κ1) is 13.5. The lowest BCUT2D eigenvalue weighted by molar-refractivity contribution is 0.552. The minimum absolute atomic E-state index is 0.112. The Kier molecular flexibility index (Phi) is 4.31. The number of hydrogen-bond acceptors (Lipinski definition) is 5. The normalized spacial score (nSPS) is 12.9. The third-order valence-electron chi connectivity index (χ3n) is 2.98. The Bertz CT molecular complexity index is 508. The molecule has 0 saturated heterocycles. The van der Waals surface area contributed by atoms with Gasteiger partial charge in [-0.2, -0.15) is 13.8 Å². The molecule has 1 unspecified atom stereocenters. The predicted octanol–water partition coefficient (Wildman–Crippen LogP) is 1.99. The van der Waals surface area contributed by atoms with Crippen LogP contribution >= 0.6 is 23.3 Å². The molecule has 0 aliphatic heterocycles. The molecule has 1 atom stereocenters. The summed E-state index contributed by atoms with van der Waals surface area (Å²) in [6.07, 6.45) is 3.39. The number of nitrogens with zero attached hydrogens (tertiary/aromatic N) is 4. The fraction of sp³-hybridized carbons (Fsp3) is 0.545. The number of likely N-dealkylation sites (N-methyl/N-ethyl adjacent to an activating group) is 1. The second-order valence-electron chi connectivity index (χ2n) is 4.06. The maximum atomic E-state index is 6.35. The van der Waals surface area contributed by atoms with E-state index >= 15 is 0 Å². The number of aromatic nitrogens is 4. The zero-order valence-corrected chi connectivity index (χ0v) is 12.2. The molecule has 5 nitrogen and oxygen atoms in total. The zero-order valence-electron chi connectivity index (χ0n) is 10.6. The molecule has 0 spiro atoms. The Morgan fingerprint density at radius 1 is 1.56 bits per heavy atom. The molecule has 7 heteroatoms. The SMILES string of the molecule is CCc1nn(C)c(CC(NC)c2cnsn2)c1Cl. The molecule has 0 fully saturated rings. The fourth-order valence-electron chi connectivity index (χ4n) is 1.91. The Morgan fingerprint density at radius 2 is 2.33 bits per heavy atom. The van der Waals surface area contributed by atoms with Crippen molar-refractivity contribution in [3.8, 4) is 0 Å². The summed E-state index contributed by atoms with van der Waals surface area (Å²) in [5.74, 6) is 0. The topological polar surface area (TPSA) is 55.6 Å². The molecule has 2 aromatic heterocycles. The summed E-state index contributed by atoms with van der Waals surface area (Å²) < 4.78 is 10.2. The monoisotopic (exact) mass is 285 g/mol. The largest absolute Gasteiger partial charge is 0.311 e. The van der Waals surface area contributed by atoms with Crippen molar-refractivity contribution >= 4 is 23.3 Å². The molecule has 98 valence electrons. The van der Waals surface area contributed by atoms with E-state index in [1.54, 1.807) is 6.20 Å². The highest BCUT2D eigenvalue weighted by molar-refractivity contribution is 6.99. The van der Waals surface area contributed by atoms with E-state index in [0.29, 0.717) is 0 Å². The first-order chi connectivity index (χ1) is 8.67. The van der Waals surface area contributed by atoms with Gasteiger partial charge in [0.2, 0.25) is 0 Å². The first-order valence-corrected chi connectivity index (χ1v) is 6.93. The van der Waals surface area contributed by atoms with E-state index in [9.17, 15) is 0 Å². The van der Waals surface area contributed by atoms with E-state index in [-0.39, 0.29) is 6.04 Å². The Hall–Kier alpha value is -0.980. The number of aryl methyl sites for hydroxylation is 2. The van der Waals surface area contributed by atoms with Crippen molar-refractivity contribution in [2.75, 3.05) is 7.05 Å². The quantitative estimate of drug-likeness (QED) is 0.913. The third kappa shape index (κ3) is 2.55. The van der Waals surface area contributed by atoms with Gasteiger partial charge >= 0.3 is 0 Å². The van der Waals surface area contributed by atoms with E-state index in [1.165, 1.54) is 11.7 Å². The Balaban J connectivity index is 2.25. The molecule has 0 aliphatic rings. The molecule has 2 aromatic rings. The molecule has 18 heavy (non-hydrogen) atoms. The van der Waals surface area contributed by atoms with Crippen molar-refractivity contribution < 1.29 is 0 Å². The lowest BCUT2D eigenvalue weighted by atomic mass is 10.1. The molecular weight excluding hydrogens is 270 g/mol. The average Bonchev–Trinajstić information content (AvgIpc) is 2.97. The lowest BCUT2D eigenvalue weighted by Crippen LogP contribution is -2.20. The van der Waals surface area contributed by atoms with Gasteiger partial charge in [-0.15, -0.1) is 0 Å². The number of hydrogen-bond donors (Lipinski definition) is 1. The van der Waals surface area contributed by atoms with Crippen LogP contribution in [0.3, 0.4) is 0 Å². The maximum absolute atomic E-state index is 6.35. The van der Waals surface area contributed by atoms with Crippen LogP contribution in [-0.4, -0.2) is 25.6 Å². The van der Waals surface area contributed by atoms with Gasteiger partial charge in [-0.05, 0) is 13.5 Å². The van der Waals surface area contributed by atoms with Crippen LogP contribution in [0.2, 0.25) is 5.02 Å². The van der Waals surface area contributed by atoms with Gasteiger partial charge in [-0.3, -0.25) is 4.68 Å². The maximum Gasteiger partial charge on any atom is 0.0916 e. The second-order valence-corrected chi connectivity index (χ2v) is 5.00. The second kappa shape index (κ2) is 5.77. The highest BCUT2D eigenvalue weighted by Gasteiger charge is 2.19. The van der Waals surface area contributed by atoms with E-state index < -0.39 is 0 Å².